The van der Waals surface area contributed by atoms with Crippen LogP contribution in [0.2, 0.25) is 19.6 Å². The Labute approximate surface area is 112 Å². The zero-order valence-corrected chi connectivity index (χ0v) is 12.9. The number of hydrogen-bond donors (Lipinski definition) is 0. The molecule has 3 heteroatoms. The first-order valence-electron chi connectivity index (χ1n) is 6.95. The fourth-order valence-electron chi connectivity index (χ4n) is 2.32. The maximum atomic E-state index is 5.49. The van der Waals surface area contributed by atoms with E-state index in [-0.39, 0.29) is 0 Å². The molecule has 0 N–H and O–H groups in total. The predicted octanol–water partition coefficient (Wildman–Crippen LogP) is 2.45. The highest BCUT2D eigenvalue weighted by atomic mass is 28.3. The molecule has 2 rings (SSSR count). The van der Waals surface area contributed by atoms with Crippen molar-refractivity contribution in [1.82, 2.24) is 4.90 Å². The topological polar surface area (TPSA) is 12.5 Å². The van der Waals surface area contributed by atoms with E-state index >= 15 is 0 Å². The Hall–Kier alpha value is -0.643. The molecule has 0 amide bonds. The highest BCUT2D eigenvalue weighted by Crippen LogP contribution is 2.09. The second kappa shape index (κ2) is 6.00. The summed E-state index contributed by atoms with van der Waals surface area (Å²) in [5.74, 6) is 0. The van der Waals surface area contributed by atoms with E-state index in [2.05, 4.69) is 48.8 Å². The van der Waals surface area contributed by atoms with E-state index in [0.29, 0.717) is 0 Å². The molecule has 18 heavy (non-hydrogen) atoms. The predicted molar refractivity (Wildman–Crippen MR) is 80.1 cm³/mol. The molecule has 0 atom stereocenters. The molecule has 0 unspecified atom stereocenters. The fraction of sp³-hybridized carbons (Fsp3) is 0.600. The van der Waals surface area contributed by atoms with Gasteiger partial charge in [-0.25, -0.2) is 0 Å². The van der Waals surface area contributed by atoms with E-state index in [9.17, 15) is 0 Å². The van der Waals surface area contributed by atoms with Crippen molar-refractivity contribution in [2.45, 2.75) is 32.6 Å². The molecular weight excluding hydrogens is 238 g/mol. The third kappa shape index (κ3) is 3.94. The summed E-state index contributed by atoms with van der Waals surface area (Å²) >= 11 is 0. The minimum Gasteiger partial charge on any atom is -0.380 e. The van der Waals surface area contributed by atoms with Gasteiger partial charge in [0.1, 0.15) is 0 Å². The van der Waals surface area contributed by atoms with Crippen LogP contribution in [0.5, 0.6) is 0 Å². The van der Waals surface area contributed by atoms with Gasteiger partial charge >= 0.3 is 0 Å². The summed E-state index contributed by atoms with van der Waals surface area (Å²) in [6, 6.07) is 9.27. The molecule has 1 fully saturated rings. The zero-order chi connectivity index (χ0) is 13.0. The minimum absolute atomic E-state index is 0.882. The van der Waals surface area contributed by atoms with Crippen LogP contribution in [0.4, 0.5) is 0 Å². The van der Waals surface area contributed by atoms with Crippen LogP contribution in [0.3, 0.4) is 0 Å². The van der Waals surface area contributed by atoms with Crippen LogP contribution in [0.15, 0.2) is 24.3 Å². The Balaban J connectivity index is 1.97. The first-order valence-corrected chi connectivity index (χ1v) is 10.5. The van der Waals surface area contributed by atoms with Crippen molar-refractivity contribution in [1.29, 1.82) is 0 Å². The molecular formula is C15H25NOSi. The van der Waals surface area contributed by atoms with Crippen molar-refractivity contribution in [3.05, 3.63) is 29.8 Å². The lowest BCUT2D eigenvalue weighted by atomic mass is 10.2. The molecule has 0 radical (unpaired) electrons. The van der Waals surface area contributed by atoms with Gasteiger partial charge in [0, 0.05) is 26.2 Å². The minimum atomic E-state index is -1.15. The Bertz CT molecular complexity index is 361. The Morgan fingerprint density at radius 2 is 1.78 bits per heavy atom. The highest BCUT2D eigenvalue weighted by Gasteiger charge is 2.16. The standard InChI is InChI=1S/C15H25NOSi/c1-18(2,3)15-7-5-14(6-8-15)13-16-9-4-11-17-12-10-16/h5-8H,4,9-13H2,1-3H3. The van der Waals surface area contributed by atoms with Gasteiger partial charge in [0.05, 0.1) is 14.7 Å². The van der Waals surface area contributed by atoms with Crippen LogP contribution >= 0.6 is 0 Å². The van der Waals surface area contributed by atoms with Gasteiger partial charge in [0.15, 0.2) is 0 Å². The number of hydrogen-bond acceptors (Lipinski definition) is 2. The summed E-state index contributed by atoms with van der Waals surface area (Å²) in [4.78, 5) is 2.50. The van der Waals surface area contributed by atoms with E-state index in [4.69, 9.17) is 4.74 Å². The van der Waals surface area contributed by atoms with Crippen LogP contribution in [0.25, 0.3) is 0 Å². The van der Waals surface area contributed by atoms with Crippen LogP contribution < -0.4 is 5.19 Å². The van der Waals surface area contributed by atoms with Gasteiger partial charge < -0.3 is 4.74 Å². The molecule has 1 aliphatic rings. The van der Waals surface area contributed by atoms with Gasteiger partial charge in [-0.15, -0.1) is 0 Å². The molecule has 0 saturated carbocycles. The Morgan fingerprint density at radius 1 is 1.06 bits per heavy atom. The number of benzene rings is 1. The van der Waals surface area contributed by atoms with E-state index in [1.54, 1.807) is 5.19 Å². The van der Waals surface area contributed by atoms with Gasteiger partial charge in [-0.2, -0.15) is 0 Å². The van der Waals surface area contributed by atoms with E-state index < -0.39 is 8.07 Å². The molecule has 0 aliphatic carbocycles. The zero-order valence-electron chi connectivity index (χ0n) is 11.9. The number of nitrogens with zero attached hydrogens (tertiary/aromatic N) is 1. The maximum absolute atomic E-state index is 5.49. The summed E-state index contributed by atoms with van der Waals surface area (Å²) in [6.07, 6.45) is 1.16. The van der Waals surface area contributed by atoms with Crippen molar-refractivity contribution in [2.75, 3.05) is 26.3 Å². The highest BCUT2D eigenvalue weighted by molar-refractivity contribution is 6.88. The lowest BCUT2D eigenvalue weighted by molar-refractivity contribution is 0.140. The summed E-state index contributed by atoms with van der Waals surface area (Å²) in [5, 5.41) is 1.55. The smallest absolute Gasteiger partial charge is 0.0775 e. The molecule has 1 aromatic rings. The lowest BCUT2D eigenvalue weighted by Gasteiger charge is -2.20. The second-order valence-corrected chi connectivity index (χ2v) is 11.3. The molecule has 1 aliphatic heterocycles. The summed E-state index contributed by atoms with van der Waals surface area (Å²) < 4.78 is 5.49. The van der Waals surface area contributed by atoms with Crippen LogP contribution in [-0.4, -0.2) is 39.3 Å². The number of ether oxygens (including phenoxy) is 1. The van der Waals surface area contributed by atoms with Crippen LogP contribution in [0, 0.1) is 0 Å². The average molecular weight is 263 g/mol. The van der Waals surface area contributed by atoms with Crippen LogP contribution in [0.1, 0.15) is 12.0 Å². The monoisotopic (exact) mass is 263 g/mol. The Morgan fingerprint density at radius 3 is 2.44 bits per heavy atom. The van der Waals surface area contributed by atoms with Gasteiger partial charge in [-0.05, 0) is 12.0 Å². The van der Waals surface area contributed by atoms with E-state index in [1.165, 1.54) is 5.56 Å². The van der Waals surface area contributed by atoms with Gasteiger partial charge in [-0.3, -0.25) is 4.90 Å². The maximum Gasteiger partial charge on any atom is 0.0775 e. The van der Waals surface area contributed by atoms with Crippen molar-refractivity contribution in [3.63, 3.8) is 0 Å². The first kappa shape index (κ1) is 13.8. The summed E-state index contributed by atoms with van der Waals surface area (Å²) in [5.41, 5.74) is 1.43. The molecule has 1 aromatic carbocycles. The van der Waals surface area contributed by atoms with E-state index in [0.717, 1.165) is 39.3 Å². The molecule has 1 heterocycles. The van der Waals surface area contributed by atoms with Crippen molar-refractivity contribution >= 4 is 13.3 Å². The largest absolute Gasteiger partial charge is 0.380 e. The number of rotatable bonds is 3. The third-order valence-corrected chi connectivity index (χ3v) is 5.61. The Kier molecular flexibility index (Phi) is 4.59. The first-order chi connectivity index (χ1) is 8.55. The SMILES string of the molecule is C[Si](C)(C)c1ccc(CN2CCCOCC2)cc1. The van der Waals surface area contributed by atoms with Gasteiger partial charge in [0.25, 0.3) is 0 Å². The average Bonchev–Trinajstić information content (AvgIpc) is 2.57. The van der Waals surface area contributed by atoms with Crippen molar-refractivity contribution in [2.24, 2.45) is 0 Å². The lowest BCUT2D eigenvalue weighted by Crippen LogP contribution is -2.37. The molecule has 1 saturated heterocycles. The third-order valence-electron chi connectivity index (χ3n) is 3.54. The molecule has 0 aromatic heterocycles. The molecule has 0 bridgehead atoms. The van der Waals surface area contributed by atoms with E-state index in [1.807, 2.05) is 0 Å². The normalized spacial score (nSPS) is 18.6. The quantitative estimate of drug-likeness (QED) is 0.777. The molecule has 100 valence electrons. The second-order valence-electron chi connectivity index (χ2n) is 6.19. The van der Waals surface area contributed by atoms with Crippen LogP contribution in [-0.2, 0) is 11.3 Å². The van der Waals surface area contributed by atoms with Gasteiger partial charge in [0.2, 0.25) is 0 Å². The summed E-state index contributed by atoms with van der Waals surface area (Å²) in [6.45, 7) is 12.3. The fourth-order valence-corrected chi connectivity index (χ4v) is 3.49. The van der Waals surface area contributed by atoms with Crippen molar-refractivity contribution < 1.29 is 4.74 Å². The molecule has 2 nitrogen and oxygen atoms in total. The summed E-state index contributed by atoms with van der Waals surface area (Å²) in [7, 11) is -1.15. The van der Waals surface area contributed by atoms with Crippen molar-refractivity contribution in [3.8, 4) is 0 Å². The molecule has 0 spiro atoms. The van der Waals surface area contributed by atoms with Gasteiger partial charge in [-0.1, -0.05) is 49.1 Å².